The lowest BCUT2D eigenvalue weighted by Crippen LogP contribution is -2.08. The van der Waals surface area contributed by atoms with Crippen molar-refractivity contribution in [3.8, 4) is 11.3 Å². The molecule has 0 saturated heterocycles. The maximum atomic E-state index is 12.5. The van der Waals surface area contributed by atoms with Crippen molar-refractivity contribution in [1.29, 1.82) is 0 Å². The van der Waals surface area contributed by atoms with Crippen molar-refractivity contribution in [2.24, 2.45) is 0 Å². The van der Waals surface area contributed by atoms with Gasteiger partial charge in [0.1, 0.15) is 5.58 Å². The summed E-state index contributed by atoms with van der Waals surface area (Å²) in [5.74, 6) is 0. The molecule has 0 bridgehead atoms. The Balaban J connectivity index is 2.08. The van der Waals surface area contributed by atoms with Gasteiger partial charge < -0.3 is 14.3 Å². The number of fused-ring (bicyclic) bond motifs is 3. The van der Waals surface area contributed by atoms with Gasteiger partial charge in [0.05, 0.1) is 10.9 Å². The van der Waals surface area contributed by atoms with Gasteiger partial charge in [-0.3, -0.25) is 0 Å². The Kier molecular flexibility index (Phi) is 3.20. The molecule has 0 radical (unpaired) electrons. The Bertz CT molecular complexity index is 1110. The average Bonchev–Trinajstić information content (AvgIpc) is 2.93. The highest BCUT2D eigenvalue weighted by Gasteiger charge is 2.17. The van der Waals surface area contributed by atoms with Crippen molar-refractivity contribution in [1.82, 2.24) is 4.98 Å². The Morgan fingerprint density at radius 1 is 1.04 bits per heavy atom. The third kappa shape index (κ3) is 2.11. The zero-order valence-corrected chi connectivity index (χ0v) is 13.9. The standard InChI is InChI=1S/C20H18N2O2/c1-12-17-19(21-18(12)13-7-5-4-6-8-13)15-10-9-14(22(2)3)11-16(15)24-20(17)23/h4-11,21H,1-3H3. The van der Waals surface area contributed by atoms with E-state index in [9.17, 15) is 4.79 Å². The van der Waals surface area contributed by atoms with Crippen LogP contribution in [0.2, 0.25) is 0 Å². The minimum atomic E-state index is -0.302. The fourth-order valence-electron chi connectivity index (χ4n) is 3.18. The van der Waals surface area contributed by atoms with E-state index in [0.29, 0.717) is 11.0 Å². The zero-order valence-electron chi connectivity index (χ0n) is 13.9. The number of nitrogens with one attached hydrogen (secondary N) is 1. The van der Waals surface area contributed by atoms with Crippen molar-refractivity contribution in [3.63, 3.8) is 0 Å². The minimum Gasteiger partial charge on any atom is -0.422 e. The van der Waals surface area contributed by atoms with Gasteiger partial charge in [-0.2, -0.15) is 0 Å². The van der Waals surface area contributed by atoms with Crippen LogP contribution in [0.3, 0.4) is 0 Å². The molecule has 0 spiro atoms. The summed E-state index contributed by atoms with van der Waals surface area (Å²) in [4.78, 5) is 18.0. The third-order valence-corrected chi connectivity index (χ3v) is 4.47. The Hall–Kier alpha value is -3.01. The number of anilines is 1. The summed E-state index contributed by atoms with van der Waals surface area (Å²) in [6.07, 6.45) is 0. The quantitative estimate of drug-likeness (QED) is 0.560. The molecule has 0 fully saturated rings. The molecule has 4 aromatic rings. The van der Waals surface area contributed by atoms with Crippen LogP contribution in [0.15, 0.2) is 57.7 Å². The van der Waals surface area contributed by atoms with Gasteiger partial charge in [0.15, 0.2) is 0 Å². The topological polar surface area (TPSA) is 49.2 Å². The molecule has 120 valence electrons. The number of hydrogen-bond donors (Lipinski definition) is 1. The van der Waals surface area contributed by atoms with E-state index < -0.39 is 0 Å². The summed E-state index contributed by atoms with van der Waals surface area (Å²) in [5, 5.41) is 1.54. The number of aromatic amines is 1. The number of aromatic nitrogens is 1. The van der Waals surface area contributed by atoms with Gasteiger partial charge in [-0.25, -0.2) is 4.79 Å². The van der Waals surface area contributed by atoms with E-state index >= 15 is 0 Å². The zero-order chi connectivity index (χ0) is 16.8. The molecular weight excluding hydrogens is 300 g/mol. The molecule has 4 nitrogen and oxygen atoms in total. The van der Waals surface area contributed by atoms with E-state index in [4.69, 9.17) is 4.42 Å². The van der Waals surface area contributed by atoms with Gasteiger partial charge in [0.25, 0.3) is 0 Å². The van der Waals surface area contributed by atoms with Crippen LogP contribution >= 0.6 is 0 Å². The lowest BCUT2D eigenvalue weighted by atomic mass is 10.1. The molecule has 2 aromatic carbocycles. The molecule has 0 amide bonds. The molecule has 0 saturated carbocycles. The van der Waals surface area contributed by atoms with Gasteiger partial charge in [-0.15, -0.1) is 0 Å². The predicted molar refractivity (Wildman–Crippen MR) is 98.8 cm³/mol. The molecule has 24 heavy (non-hydrogen) atoms. The lowest BCUT2D eigenvalue weighted by Gasteiger charge is -2.12. The van der Waals surface area contributed by atoms with Crippen LogP contribution in [0, 0.1) is 6.92 Å². The van der Waals surface area contributed by atoms with E-state index in [-0.39, 0.29) is 5.63 Å². The van der Waals surface area contributed by atoms with Crippen molar-refractivity contribution < 1.29 is 4.42 Å². The third-order valence-electron chi connectivity index (χ3n) is 4.47. The van der Waals surface area contributed by atoms with Crippen LogP contribution in [0.1, 0.15) is 5.56 Å². The molecule has 0 aliphatic rings. The largest absolute Gasteiger partial charge is 0.422 e. The maximum Gasteiger partial charge on any atom is 0.346 e. The lowest BCUT2D eigenvalue weighted by molar-refractivity contribution is 0.569. The van der Waals surface area contributed by atoms with E-state index in [0.717, 1.165) is 33.4 Å². The monoisotopic (exact) mass is 318 g/mol. The van der Waals surface area contributed by atoms with Crippen LogP contribution in [0.25, 0.3) is 33.1 Å². The highest BCUT2D eigenvalue weighted by molar-refractivity contribution is 6.06. The van der Waals surface area contributed by atoms with Gasteiger partial charge in [-0.05, 0) is 30.2 Å². The van der Waals surface area contributed by atoms with E-state index in [1.807, 2.05) is 74.4 Å². The maximum absolute atomic E-state index is 12.5. The summed E-state index contributed by atoms with van der Waals surface area (Å²) >= 11 is 0. The molecule has 4 rings (SSSR count). The highest BCUT2D eigenvalue weighted by atomic mass is 16.4. The SMILES string of the molecule is Cc1c(-c2ccccc2)[nH]c2c1c(=O)oc1cc(N(C)C)ccc12. The normalized spacial score (nSPS) is 11.3. The highest BCUT2D eigenvalue weighted by Crippen LogP contribution is 2.32. The summed E-state index contributed by atoms with van der Waals surface area (Å²) in [6.45, 7) is 1.96. The fourth-order valence-corrected chi connectivity index (χ4v) is 3.18. The Morgan fingerprint density at radius 3 is 2.50 bits per heavy atom. The minimum absolute atomic E-state index is 0.302. The van der Waals surface area contributed by atoms with E-state index in [1.54, 1.807) is 0 Å². The number of nitrogens with zero attached hydrogens (tertiary/aromatic N) is 1. The van der Waals surface area contributed by atoms with E-state index in [1.165, 1.54) is 0 Å². The number of H-pyrrole nitrogens is 1. The first-order chi connectivity index (χ1) is 11.6. The second-order valence-electron chi connectivity index (χ2n) is 6.21. The summed E-state index contributed by atoms with van der Waals surface area (Å²) in [6, 6.07) is 16.0. The smallest absolute Gasteiger partial charge is 0.346 e. The Morgan fingerprint density at radius 2 is 1.79 bits per heavy atom. The molecule has 0 aliphatic heterocycles. The molecular formula is C20H18N2O2. The number of hydrogen-bond acceptors (Lipinski definition) is 3. The van der Waals surface area contributed by atoms with Crippen LogP contribution in [-0.4, -0.2) is 19.1 Å². The van der Waals surface area contributed by atoms with Crippen LogP contribution < -0.4 is 10.5 Å². The van der Waals surface area contributed by atoms with Crippen molar-refractivity contribution in [2.75, 3.05) is 19.0 Å². The van der Waals surface area contributed by atoms with Crippen LogP contribution in [0.5, 0.6) is 0 Å². The molecule has 2 heterocycles. The van der Waals surface area contributed by atoms with Crippen molar-refractivity contribution >= 4 is 27.6 Å². The second-order valence-corrected chi connectivity index (χ2v) is 6.21. The molecule has 0 atom stereocenters. The van der Waals surface area contributed by atoms with Gasteiger partial charge in [0.2, 0.25) is 0 Å². The summed E-state index contributed by atoms with van der Waals surface area (Å²) in [5.41, 5.74) is 5.07. The second kappa shape index (κ2) is 5.27. The van der Waals surface area contributed by atoms with E-state index in [2.05, 4.69) is 4.98 Å². The van der Waals surface area contributed by atoms with Crippen LogP contribution in [-0.2, 0) is 0 Å². The number of benzene rings is 2. The fraction of sp³-hybridized carbons (Fsp3) is 0.150. The predicted octanol–water partition coefficient (Wildman–Crippen LogP) is 4.32. The molecule has 0 unspecified atom stereocenters. The number of aryl methyl sites for hydroxylation is 1. The van der Waals surface area contributed by atoms with Crippen molar-refractivity contribution in [3.05, 3.63) is 64.5 Å². The van der Waals surface area contributed by atoms with Crippen molar-refractivity contribution in [2.45, 2.75) is 6.92 Å². The molecule has 0 aliphatic carbocycles. The first-order valence-electron chi connectivity index (χ1n) is 7.88. The van der Waals surface area contributed by atoms with Gasteiger partial charge in [-0.1, -0.05) is 30.3 Å². The number of rotatable bonds is 2. The molecule has 4 heteroatoms. The van der Waals surface area contributed by atoms with Crippen LogP contribution in [0.4, 0.5) is 5.69 Å². The average molecular weight is 318 g/mol. The molecule has 2 aromatic heterocycles. The van der Waals surface area contributed by atoms with Gasteiger partial charge in [0, 0.05) is 36.9 Å². The first-order valence-corrected chi connectivity index (χ1v) is 7.88. The summed E-state index contributed by atoms with van der Waals surface area (Å²) in [7, 11) is 3.92. The van der Waals surface area contributed by atoms with Gasteiger partial charge >= 0.3 is 5.63 Å². The first kappa shape index (κ1) is 14.6. The molecule has 1 N–H and O–H groups in total. The summed E-state index contributed by atoms with van der Waals surface area (Å²) < 4.78 is 5.59. The Labute approximate surface area is 139 Å².